The first kappa shape index (κ1) is 10.9. The summed E-state index contributed by atoms with van der Waals surface area (Å²) in [6.07, 6.45) is 1.97. The number of hydrogen-bond donors (Lipinski definition) is 1. The molecule has 1 aromatic rings. The molecule has 0 unspecified atom stereocenters. The molecule has 0 spiro atoms. The summed E-state index contributed by atoms with van der Waals surface area (Å²) in [4.78, 5) is 10.2. The summed E-state index contributed by atoms with van der Waals surface area (Å²) < 4.78 is 5.50. The maximum atomic E-state index is 10.6. The molecule has 0 aliphatic heterocycles. The molecule has 0 aromatic heterocycles. The van der Waals surface area contributed by atoms with Gasteiger partial charge in [-0.3, -0.25) is 10.1 Å². The van der Waals surface area contributed by atoms with E-state index in [1.807, 2.05) is 0 Å². The maximum absolute atomic E-state index is 10.6. The molecular formula is C11H14N2O3. The average molecular weight is 222 g/mol. The Kier molecular flexibility index (Phi) is 2.55. The van der Waals surface area contributed by atoms with Crippen LogP contribution in [0.2, 0.25) is 0 Å². The lowest BCUT2D eigenvalue weighted by atomic mass is 10.2. The lowest BCUT2D eigenvalue weighted by molar-refractivity contribution is -0.385. The topological polar surface area (TPSA) is 78.4 Å². The minimum absolute atomic E-state index is 0.112. The molecular weight excluding hydrogens is 208 g/mol. The predicted molar refractivity (Wildman–Crippen MR) is 59.5 cm³/mol. The number of aryl methyl sites for hydroxylation is 1. The molecule has 1 saturated carbocycles. The van der Waals surface area contributed by atoms with E-state index in [0.717, 1.165) is 12.8 Å². The third-order valence-corrected chi connectivity index (χ3v) is 2.78. The molecule has 0 radical (unpaired) electrons. The van der Waals surface area contributed by atoms with Gasteiger partial charge in [0.1, 0.15) is 12.4 Å². The van der Waals surface area contributed by atoms with Crippen molar-refractivity contribution in [1.82, 2.24) is 0 Å². The number of benzene rings is 1. The SMILES string of the molecule is Cc1cc(OCC2(N)CC2)ccc1[N+](=O)[O-]. The summed E-state index contributed by atoms with van der Waals surface area (Å²) in [6, 6.07) is 4.74. The van der Waals surface area contributed by atoms with Crippen molar-refractivity contribution in [3.63, 3.8) is 0 Å². The minimum Gasteiger partial charge on any atom is -0.492 e. The second-order valence-electron chi connectivity index (χ2n) is 4.36. The Balaban J connectivity index is 2.05. The van der Waals surface area contributed by atoms with E-state index in [-0.39, 0.29) is 11.2 Å². The van der Waals surface area contributed by atoms with E-state index >= 15 is 0 Å². The van der Waals surface area contributed by atoms with E-state index in [4.69, 9.17) is 10.5 Å². The summed E-state index contributed by atoms with van der Waals surface area (Å²) >= 11 is 0. The van der Waals surface area contributed by atoms with Crippen LogP contribution < -0.4 is 10.5 Å². The second kappa shape index (κ2) is 3.75. The number of nitrogens with two attached hydrogens (primary N) is 1. The highest BCUT2D eigenvalue weighted by Crippen LogP contribution is 2.33. The van der Waals surface area contributed by atoms with Crippen molar-refractivity contribution in [3.05, 3.63) is 33.9 Å². The van der Waals surface area contributed by atoms with Crippen molar-refractivity contribution in [2.24, 2.45) is 5.73 Å². The summed E-state index contributed by atoms with van der Waals surface area (Å²) in [5, 5.41) is 10.6. The van der Waals surface area contributed by atoms with Gasteiger partial charge in [-0.05, 0) is 31.9 Å². The van der Waals surface area contributed by atoms with Gasteiger partial charge in [0, 0.05) is 11.6 Å². The first-order chi connectivity index (χ1) is 7.50. The summed E-state index contributed by atoms with van der Waals surface area (Å²) in [6.45, 7) is 2.17. The molecule has 1 fully saturated rings. The molecule has 0 atom stereocenters. The van der Waals surface area contributed by atoms with Crippen molar-refractivity contribution in [2.45, 2.75) is 25.3 Å². The molecule has 5 nitrogen and oxygen atoms in total. The van der Waals surface area contributed by atoms with Crippen LogP contribution in [0, 0.1) is 17.0 Å². The molecule has 0 bridgehead atoms. The molecule has 2 N–H and O–H groups in total. The van der Waals surface area contributed by atoms with E-state index in [9.17, 15) is 10.1 Å². The Bertz CT molecular complexity index is 427. The van der Waals surface area contributed by atoms with E-state index < -0.39 is 4.92 Å². The fourth-order valence-corrected chi connectivity index (χ4v) is 1.45. The lowest BCUT2D eigenvalue weighted by Gasteiger charge is -2.11. The highest BCUT2D eigenvalue weighted by molar-refractivity contribution is 5.44. The van der Waals surface area contributed by atoms with Crippen molar-refractivity contribution >= 4 is 5.69 Å². The Morgan fingerprint density at radius 3 is 2.75 bits per heavy atom. The van der Waals surface area contributed by atoms with Crippen LogP contribution in [0.25, 0.3) is 0 Å². The van der Waals surface area contributed by atoms with E-state index in [1.54, 1.807) is 19.1 Å². The van der Waals surface area contributed by atoms with Crippen LogP contribution in [0.4, 0.5) is 5.69 Å². The fraction of sp³-hybridized carbons (Fsp3) is 0.455. The first-order valence-corrected chi connectivity index (χ1v) is 5.17. The van der Waals surface area contributed by atoms with Gasteiger partial charge in [-0.2, -0.15) is 0 Å². The molecule has 1 aliphatic rings. The summed E-state index contributed by atoms with van der Waals surface area (Å²) in [7, 11) is 0. The number of rotatable bonds is 4. The summed E-state index contributed by atoms with van der Waals surface area (Å²) in [5.74, 6) is 0.639. The molecule has 1 aromatic carbocycles. The Hall–Kier alpha value is -1.62. The van der Waals surface area contributed by atoms with Gasteiger partial charge in [0.25, 0.3) is 5.69 Å². The maximum Gasteiger partial charge on any atom is 0.272 e. The van der Waals surface area contributed by atoms with Crippen molar-refractivity contribution in [2.75, 3.05) is 6.61 Å². The molecule has 86 valence electrons. The quantitative estimate of drug-likeness (QED) is 0.622. The molecule has 2 rings (SSSR count). The van der Waals surface area contributed by atoms with Crippen LogP contribution in [0.15, 0.2) is 18.2 Å². The largest absolute Gasteiger partial charge is 0.492 e. The van der Waals surface area contributed by atoms with Crippen LogP contribution in [-0.4, -0.2) is 17.1 Å². The number of hydrogen-bond acceptors (Lipinski definition) is 4. The Labute approximate surface area is 93.4 Å². The first-order valence-electron chi connectivity index (χ1n) is 5.17. The Morgan fingerprint density at radius 1 is 1.56 bits per heavy atom. The van der Waals surface area contributed by atoms with E-state index in [1.165, 1.54) is 6.07 Å². The van der Waals surface area contributed by atoms with Gasteiger partial charge in [0.15, 0.2) is 0 Å². The highest BCUT2D eigenvalue weighted by Gasteiger charge is 2.39. The monoisotopic (exact) mass is 222 g/mol. The molecule has 0 saturated heterocycles. The minimum atomic E-state index is -0.398. The van der Waals surface area contributed by atoms with Crippen molar-refractivity contribution in [1.29, 1.82) is 0 Å². The molecule has 5 heteroatoms. The van der Waals surface area contributed by atoms with Crippen LogP contribution in [0.5, 0.6) is 5.75 Å². The van der Waals surface area contributed by atoms with Gasteiger partial charge in [-0.25, -0.2) is 0 Å². The molecule has 0 heterocycles. The van der Waals surface area contributed by atoms with E-state index in [2.05, 4.69) is 0 Å². The lowest BCUT2D eigenvalue weighted by Crippen LogP contribution is -2.29. The zero-order valence-corrected chi connectivity index (χ0v) is 9.10. The smallest absolute Gasteiger partial charge is 0.272 e. The number of nitro groups is 1. The standard InChI is InChI=1S/C11H14N2O3/c1-8-6-9(2-3-10(8)13(14)15)16-7-11(12)4-5-11/h2-3,6H,4-5,7,12H2,1H3. The molecule has 16 heavy (non-hydrogen) atoms. The van der Waals surface area contributed by atoms with Gasteiger partial charge in [-0.1, -0.05) is 0 Å². The Morgan fingerprint density at radius 2 is 2.25 bits per heavy atom. The van der Waals surface area contributed by atoms with Gasteiger partial charge >= 0.3 is 0 Å². The number of ether oxygens (including phenoxy) is 1. The normalized spacial score (nSPS) is 16.9. The third-order valence-electron chi connectivity index (χ3n) is 2.78. The van der Waals surface area contributed by atoms with Gasteiger partial charge in [0.05, 0.1) is 10.5 Å². The van der Waals surface area contributed by atoms with Gasteiger partial charge in [-0.15, -0.1) is 0 Å². The van der Waals surface area contributed by atoms with Gasteiger partial charge in [0.2, 0.25) is 0 Å². The summed E-state index contributed by atoms with van der Waals surface area (Å²) in [5.41, 5.74) is 6.42. The van der Waals surface area contributed by atoms with Crippen molar-refractivity contribution < 1.29 is 9.66 Å². The zero-order valence-electron chi connectivity index (χ0n) is 9.10. The van der Waals surface area contributed by atoms with Crippen LogP contribution in [0.1, 0.15) is 18.4 Å². The van der Waals surface area contributed by atoms with Crippen LogP contribution in [0.3, 0.4) is 0 Å². The van der Waals surface area contributed by atoms with Crippen LogP contribution in [-0.2, 0) is 0 Å². The highest BCUT2D eigenvalue weighted by atomic mass is 16.6. The zero-order chi connectivity index (χ0) is 11.8. The average Bonchev–Trinajstić information content (AvgIpc) is 2.94. The third kappa shape index (κ3) is 2.30. The van der Waals surface area contributed by atoms with Crippen LogP contribution >= 0.6 is 0 Å². The number of nitrogens with zero attached hydrogens (tertiary/aromatic N) is 1. The molecule has 1 aliphatic carbocycles. The predicted octanol–water partition coefficient (Wildman–Crippen LogP) is 1.77. The van der Waals surface area contributed by atoms with Gasteiger partial charge < -0.3 is 10.5 Å². The fourth-order valence-electron chi connectivity index (χ4n) is 1.45. The molecule has 0 amide bonds. The van der Waals surface area contributed by atoms with Crippen molar-refractivity contribution in [3.8, 4) is 5.75 Å². The number of nitro benzene ring substituents is 1. The second-order valence-corrected chi connectivity index (χ2v) is 4.36. The van der Waals surface area contributed by atoms with E-state index in [0.29, 0.717) is 17.9 Å².